The van der Waals surface area contributed by atoms with Crippen molar-refractivity contribution in [2.75, 3.05) is 34.7 Å². The number of nitrogens with one attached hydrogen (secondary N) is 1. The molecule has 0 rings (SSSR count). The van der Waals surface area contributed by atoms with Crippen LogP contribution in [0.25, 0.3) is 0 Å². The van der Waals surface area contributed by atoms with Gasteiger partial charge in [0.2, 0.25) is 0 Å². The molecule has 0 aromatic carbocycles. The Morgan fingerprint density at radius 1 is 1.29 bits per heavy atom. The maximum atomic E-state index is 11.4. The van der Waals surface area contributed by atoms with E-state index >= 15 is 0 Å². The molecule has 84 valence electrons. The molecule has 14 heavy (non-hydrogen) atoms. The fourth-order valence-electron chi connectivity index (χ4n) is 1.10. The monoisotopic (exact) mass is 201 g/mol. The SMILES string of the molecule is CCC(CCN(C)C)NC(=O)N(C)C. The summed E-state index contributed by atoms with van der Waals surface area (Å²) in [5, 5.41) is 2.98. The lowest BCUT2D eigenvalue weighted by Gasteiger charge is -2.21. The van der Waals surface area contributed by atoms with Gasteiger partial charge in [-0.2, -0.15) is 0 Å². The van der Waals surface area contributed by atoms with Gasteiger partial charge in [-0.3, -0.25) is 0 Å². The molecular formula is C10H23N3O. The number of rotatable bonds is 5. The van der Waals surface area contributed by atoms with Crippen LogP contribution >= 0.6 is 0 Å². The maximum absolute atomic E-state index is 11.4. The molecule has 1 N–H and O–H groups in total. The second-order valence-electron chi connectivity index (χ2n) is 4.04. The average Bonchev–Trinajstić information content (AvgIpc) is 2.11. The fourth-order valence-corrected chi connectivity index (χ4v) is 1.10. The van der Waals surface area contributed by atoms with Crippen LogP contribution in [0.1, 0.15) is 19.8 Å². The second-order valence-corrected chi connectivity index (χ2v) is 4.04. The van der Waals surface area contributed by atoms with E-state index in [0.29, 0.717) is 0 Å². The highest BCUT2D eigenvalue weighted by atomic mass is 16.2. The predicted molar refractivity (Wildman–Crippen MR) is 59.5 cm³/mol. The zero-order chi connectivity index (χ0) is 11.1. The lowest BCUT2D eigenvalue weighted by molar-refractivity contribution is 0.210. The third-order valence-electron chi connectivity index (χ3n) is 2.15. The highest BCUT2D eigenvalue weighted by Crippen LogP contribution is 1.99. The maximum Gasteiger partial charge on any atom is 0.317 e. The standard InChI is InChI=1S/C10H23N3O/c1-6-9(7-8-12(2)3)11-10(14)13(4)5/h9H,6-8H2,1-5H3,(H,11,14). The Labute approximate surface area is 87.3 Å². The van der Waals surface area contributed by atoms with E-state index in [0.717, 1.165) is 19.4 Å². The van der Waals surface area contributed by atoms with Gasteiger partial charge in [-0.15, -0.1) is 0 Å². The fraction of sp³-hybridized carbons (Fsp3) is 0.900. The minimum absolute atomic E-state index is 0.00407. The number of nitrogens with zero attached hydrogens (tertiary/aromatic N) is 2. The summed E-state index contributed by atoms with van der Waals surface area (Å²) in [4.78, 5) is 15.1. The van der Waals surface area contributed by atoms with Crippen molar-refractivity contribution in [2.45, 2.75) is 25.8 Å². The van der Waals surface area contributed by atoms with Gasteiger partial charge in [-0.05, 0) is 33.5 Å². The number of hydrogen-bond acceptors (Lipinski definition) is 2. The summed E-state index contributed by atoms with van der Waals surface area (Å²) < 4.78 is 0. The molecule has 0 bridgehead atoms. The number of urea groups is 1. The molecule has 0 aliphatic heterocycles. The minimum atomic E-state index is -0.00407. The Balaban J connectivity index is 3.84. The van der Waals surface area contributed by atoms with Crippen LogP contribution < -0.4 is 5.32 Å². The zero-order valence-electron chi connectivity index (χ0n) is 10.0. The van der Waals surface area contributed by atoms with Gasteiger partial charge in [0.05, 0.1) is 0 Å². The third-order valence-corrected chi connectivity index (χ3v) is 2.15. The highest BCUT2D eigenvalue weighted by molar-refractivity contribution is 5.73. The normalized spacial score (nSPS) is 12.7. The number of carbonyl (C=O) groups is 1. The van der Waals surface area contributed by atoms with E-state index in [1.165, 1.54) is 0 Å². The Kier molecular flexibility index (Phi) is 6.28. The van der Waals surface area contributed by atoms with Crippen molar-refractivity contribution in [1.82, 2.24) is 15.1 Å². The summed E-state index contributed by atoms with van der Waals surface area (Å²) in [6.45, 7) is 3.10. The zero-order valence-corrected chi connectivity index (χ0v) is 10.0. The molecule has 0 aliphatic carbocycles. The Morgan fingerprint density at radius 2 is 1.86 bits per heavy atom. The van der Waals surface area contributed by atoms with E-state index in [1.807, 2.05) is 14.1 Å². The number of hydrogen-bond donors (Lipinski definition) is 1. The lowest BCUT2D eigenvalue weighted by atomic mass is 10.1. The average molecular weight is 201 g/mol. The topological polar surface area (TPSA) is 35.6 Å². The molecule has 0 aromatic heterocycles. The van der Waals surface area contributed by atoms with Crippen LogP contribution in [-0.4, -0.2) is 56.6 Å². The van der Waals surface area contributed by atoms with Gasteiger partial charge < -0.3 is 15.1 Å². The van der Waals surface area contributed by atoms with Gasteiger partial charge in [0.1, 0.15) is 0 Å². The van der Waals surface area contributed by atoms with Gasteiger partial charge >= 0.3 is 6.03 Å². The first-order valence-corrected chi connectivity index (χ1v) is 5.10. The van der Waals surface area contributed by atoms with E-state index < -0.39 is 0 Å². The van der Waals surface area contributed by atoms with Crippen molar-refractivity contribution >= 4 is 6.03 Å². The van der Waals surface area contributed by atoms with E-state index in [-0.39, 0.29) is 12.1 Å². The summed E-state index contributed by atoms with van der Waals surface area (Å²) in [7, 11) is 7.60. The van der Waals surface area contributed by atoms with Gasteiger partial charge in [-0.25, -0.2) is 4.79 Å². The number of amides is 2. The first-order valence-electron chi connectivity index (χ1n) is 5.10. The van der Waals surface area contributed by atoms with E-state index in [4.69, 9.17) is 0 Å². The van der Waals surface area contributed by atoms with Crippen molar-refractivity contribution in [3.8, 4) is 0 Å². The summed E-state index contributed by atoms with van der Waals surface area (Å²) in [6, 6.07) is 0.280. The van der Waals surface area contributed by atoms with Crippen LogP contribution in [0.4, 0.5) is 4.79 Å². The first kappa shape index (κ1) is 13.2. The summed E-state index contributed by atoms with van der Waals surface area (Å²) in [5.74, 6) is 0. The van der Waals surface area contributed by atoms with Crippen LogP contribution in [0, 0.1) is 0 Å². The summed E-state index contributed by atoms with van der Waals surface area (Å²) in [6.07, 6.45) is 1.98. The van der Waals surface area contributed by atoms with Gasteiger partial charge in [0.25, 0.3) is 0 Å². The molecule has 4 nitrogen and oxygen atoms in total. The third kappa shape index (κ3) is 5.80. The number of carbonyl (C=O) groups excluding carboxylic acids is 1. The van der Waals surface area contributed by atoms with Crippen LogP contribution in [-0.2, 0) is 0 Å². The lowest BCUT2D eigenvalue weighted by Crippen LogP contribution is -2.42. The second kappa shape index (κ2) is 6.65. The summed E-state index contributed by atoms with van der Waals surface area (Å²) >= 11 is 0. The van der Waals surface area contributed by atoms with Crippen LogP contribution in [0.5, 0.6) is 0 Å². The molecule has 0 spiro atoms. The van der Waals surface area contributed by atoms with Crippen molar-refractivity contribution in [3.63, 3.8) is 0 Å². The van der Waals surface area contributed by atoms with Crippen molar-refractivity contribution < 1.29 is 4.79 Å². The molecule has 0 radical (unpaired) electrons. The molecule has 0 heterocycles. The smallest absolute Gasteiger partial charge is 0.317 e. The quantitative estimate of drug-likeness (QED) is 0.720. The molecule has 0 saturated heterocycles. The molecule has 1 unspecified atom stereocenters. The molecule has 1 atom stereocenters. The Morgan fingerprint density at radius 3 is 2.21 bits per heavy atom. The minimum Gasteiger partial charge on any atom is -0.335 e. The predicted octanol–water partition coefficient (Wildman–Crippen LogP) is 0.988. The Bertz CT molecular complexity index is 169. The van der Waals surface area contributed by atoms with E-state index in [9.17, 15) is 4.79 Å². The van der Waals surface area contributed by atoms with Gasteiger partial charge in [0, 0.05) is 20.1 Å². The van der Waals surface area contributed by atoms with Crippen LogP contribution in [0.3, 0.4) is 0 Å². The molecule has 0 aromatic rings. The first-order chi connectivity index (χ1) is 6.47. The summed E-state index contributed by atoms with van der Waals surface area (Å²) in [5.41, 5.74) is 0. The van der Waals surface area contributed by atoms with Gasteiger partial charge in [-0.1, -0.05) is 6.92 Å². The van der Waals surface area contributed by atoms with E-state index in [1.54, 1.807) is 19.0 Å². The molecular weight excluding hydrogens is 178 g/mol. The van der Waals surface area contributed by atoms with E-state index in [2.05, 4.69) is 17.1 Å². The van der Waals surface area contributed by atoms with Crippen LogP contribution in [0.15, 0.2) is 0 Å². The largest absolute Gasteiger partial charge is 0.335 e. The Hall–Kier alpha value is -0.770. The van der Waals surface area contributed by atoms with Crippen LogP contribution in [0.2, 0.25) is 0 Å². The molecule has 4 heteroatoms. The van der Waals surface area contributed by atoms with Crippen molar-refractivity contribution in [1.29, 1.82) is 0 Å². The molecule has 2 amide bonds. The van der Waals surface area contributed by atoms with Gasteiger partial charge in [0.15, 0.2) is 0 Å². The highest BCUT2D eigenvalue weighted by Gasteiger charge is 2.11. The molecule has 0 aliphatic rings. The van der Waals surface area contributed by atoms with Crippen molar-refractivity contribution in [3.05, 3.63) is 0 Å². The molecule has 0 saturated carbocycles. The molecule has 0 fully saturated rings. The van der Waals surface area contributed by atoms with Crippen molar-refractivity contribution in [2.24, 2.45) is 0 Å².